The fourth-order valence-corrected chi connectivity index (χ4v) is 5.07. The second-order valence-electron chi connectivity index (χ2n) is 12.8. The molecule has 1 aliphatic heterocycles. The van der Waals surface area contributed by atoms with Crippen molar-refractivity contribution in [3.8, 4) is 5.69 Å². The van der Waals surface area contributed by atoms with Crippen molar-refractivity contribution in [3.05, 3.63) is 94.8 Å². The van der Waals surface area contributed by atoms with Gasteiger partial charge in [-0.15, -0.1) is 0 Å². The number of nitrogens with zero attached hydrogens (tertiary/aromatic N) is 5. The van der Waals surface area contributed by atoms with Crippen molar-refractivity contribution in [2.75, 3.05) is 48.0 Å². The Hall–Kier alpha value is -4.96. The highest BCUT2D eigenvalue weighted by molar-refractivity contribution is 7.85. The van der Waals surface area contributed by atoms with Gasteiger partial charge in [-0.1, -0.05) is 50.6 Å². The molecule has 0 atom stereocenters. The minimum absolute atomic E-state index is 0.231. The number of hydrogen-bond acceptors (Lipinski definition) is 7. The number of halogens is 3. The van der Waals surface area contributed by atoms with E-state index in [1.54, 1.807) is 23.7 Å². The molecule has 3 heterocycles. The fourth-order valence-electron chi connectivity index (χ4n) is 5.07. The van der Waals surface area contributed by atoms with Crippen LogP contribution in [-0.2, 0) is 21.7 Å². The summed E-state index contributed by atoms with van der Waals surface area (Å²) in [5.41, 5.74) is 2.35. The first kappa shape index (κ1) is 37.9. The largest absolute Gasteiger partial charge is 0.417 e. The standard InChI is InChI=1S/C33H36F3N7O2.CH4O3S/c1-21-10-12-23(13-11-21)43-29(20-27(40-43)32(3,4)5)39-31(45)38-26-14-15-28(37-22(26)2)41-16-18-42(19-17-41)30(44)24-8-6-7-9-25(24)33(34,35)36;1-5(2,3)4/h6-15,20H,16-19H2,1-5H3,(H2,38,39,45);1H3,(H,2,3,4). The Labute approximate surface area is 289 Å². The average molecular weight is 716 g/mol. The summed E-state index contributed by atoms with van der Waals surface area (Å²) in [6.45, 7) is 11.3. The van der Waals surface area contributed by atoms with Crippen molar-refractivity contribution in [3.63, 3.8) is 0 Å². The van der Waals surface area contributed by atoms with Crippen LogP contribution < -0.4 is 15.5 Å². The molecule has 0 aliphatic carbocycles. The van der Waals surface area contributed by atoms with Gasteiger partial charge in [0.15, 0.2) is 0 Å². The van der Waals surface area contributed by atoms with E-state index in [0.29, 0.717) is 42.4 Å². The van der Waals surface area contributed by atoms with Crippen molar-refractivity contribution >= 4 is 39.4 Å². The number of carbonyl (C=O) groups is 2. The van der Waals surface area contributed by atoms with E-state index in [9.17, 15) is 31.2 Å². The number of benzene rings is 2. The number of piperazine rings is 1. The molecule has 0 saturated carbocycles. The first-order valence-corrected chi connectivity index (χ1v) is 17.4. The Morgan fingerprint density at radius 1 is 0.880 bits per heavy atom. The maximum atomic E-state index is 13.4. The number of amides is 3. The highest BCUT2D eigenvalue weighted by Gasteiger charge is 2.36. The second kappa shape index (κ2) is 14.9. The zero-order chi connectivity index (χ0) is 37.0. The first-order chi connectivity index (χ1) is 23.2. The molecule has 1 aliphatic rings. The van der Waals surface area contributed by atoms with Gasteiger partial charge in [0.25, 0.3) is 16.0 Å². The molecule has 2 aromatic carbocycles. The van der Waals surface area contributed by atoms with Crippen LogP contribution in [0.15, 0.2) is 66.7 Å². The summed E-state index contributed by atoms with van der Waals surface area (Å²) in [4.78, 5) is 34.1. The number of carbonyl (C=O) groups excluding carboxylic acids is 2. The molecule has 2 aromatic heterocycles. The lowest BCUT2D eigenvalue weighted by Gasteiger charge is -2.36. The number of anilines is 3. The van der Waals surface area contributed by atoms with E-state index >= 15 is 0 Å². The number of hydrogen-bond donors (Lipinski definition) is 3. The van der Waals surface area contributed by atoms with E-state index in [4.69, 9.17) is 9.65 Å². The number of rotatable bonds is 5. The van der Waals surface area contributed by atoms with E-state index in [1.807, 2.05) is 42.2 Å². The van der Waals surface area contributed by atoms with Crippen LogP contribution in [0.25, 0.3) is 5.69 Å². The second-order valence-corrected chi connectivity index (χ2v) is 14.3. The van der Waals surface area contributed by atoms with Crippen molar-refractivity contribution < 1.29 is 35.7 Å². The number of alkyl halides is 3. The molecule has 1 saturated heterocycles. The van der Waals surface area contributed by atoms with Gasteiger partial charge in [-0.2, -0.15) is 26.7 Å². The molecule has 3 N–H and O–H groups in total. The summed E-state index contributed by atoms with van der Waals surface area (Å²) < 4.78 is 67.9. The van der Waals surface area contributed by atoms with Gasteiger partial charge in [0, 0.05) is 37.7 Å². The zero-order valence-electron chi connectivity index (χ0n) is 28.5. The Morgan fingerprint density at radius 2 is 1.48 bits per heavy atom. The molecular weight excluding hydrogens is 675 g/mol. The minimum atomic E-state index is -4.61. The topological polar surface area (TPSA) is 150 Å². The lowest BCUT2D eigenvalue weighted by Crippen LogP contribution is -2.49. The van der Waals surface area contributed by atoms with Crippen molar-refractivity contribution in [1.82, 2.24) is 19.7 Å². The summed E-state index contributed by atoms with van der Waals surface area (Å²) in [5.74, 6) is 0.526. The summed E-state index contributed by atoms with van der Waals surface area (Å²) in [6.07, 6.45) is -3.90. The molecule has 16 heteroatoms. The van der Waals surface area contributed by atoms with Gasteiger partial charge in [-0.3, -0.25) is 14.7 Å². The van der Waals surface area contributed by atoms with Crippen LogP contribution in [0.4, 0.5) is 35.3 Å². The van der Waals surface area contributed by atoms with Crippen LogP contribution in [0.1, 0.15) is 53.6 Å². The molecule has 0 radical (unpaired) electrons. The summed E-state index contributed by atoms with van der Waals surface area (Å²) in [7, 11) is -3.67. The van der Waals surface area contributed by atoms with Crippen LogP contribution in [0.3, 0.4) is 0 Å². The van der Waals surface area contributed by atoms with Crippen molar-refractivity contribution in [2.45, 2.75) is 46.2 Å². The Balaban J connectivity index is 0.00000105. The lowest BCUT2D eigenvalue weighted by molar-refractivity contribution is -0.138. The van der Waals surface area contributed by atoms with Crippen LogP contribution in [0, 0.1) is 13.8 Å². The monoisotopic (exact) mass is 715 g/mol. The van der Waals surface area contributed by atoms with Crippen molar-refractivity contribution in [2.24, 2.45) is 0 Å². The highest BCUT2D eigenvalue weighted by atomic mass is 32.2. The maximum Gasteiger partial charge on any atom is 0.417 e. The molecule has 12 nitrogen and oxygen atoms in total. The molecular formula is C34H40F3N7O5S. The molecule has 0 bridgehead atoms. The lowest BCUT2D eigenvalue weighted by atomic mass is 9.92. The van der Waals surface area contributed by atoms with E-state index in [-0.39, 0.29) is 24.1 Å². The number of urea groups is 1. The minimum Gasteiger partial charge on any atom is -0.353 e. The van der Waals surface area contributed by atoms with Gasteiger partial charge in [-0.05, 0) is 50.2 Å². The fraction of sp³-hybridized carbons (Fsp3) is 0.353. The predicted octanol–water partition coefficient (Wildman–Crippen LogP) is 6.31. The molecule has 5 rings (SSSR count). The third-order valence-electron chi connectivity index (χ3n) is 7.67. The molecule has 1 fully saturated rings. The third kappa shape index (κ3) is 10.0. The SMILES string of the molecule is CS(=O)(=O)O.Cc1ccc(-n2nc(C(C)(C)C)cc2NC(=O)Nc2ccc(N3CCN(C(=O)c4ccccc4C(F)(F)F)CC3)nc2C)cc1. The molecule has 0 spiro atoms. The molecule has 4 aromatic rings. The Morgan fingerprint density at radius 3 is 2.04 bits per heavy atom. The Bertz CT molecular complexity index is 1940. The third-order valence-corrected chi connectivity index (χ3v) is 7.67. The zero-order valence-corrected chi connectivity index (χ0v) is 29.4. The maximum absolute atomic E-state index is 13.4. The number of aryl methyl sites for hydroxylation is 2. The van der Waals surface area contributed by atoms with Gasteiger partial charge in [0.2, 0.25) is 0 Å². The number of nitrogens with one attached hydrogen (secondary N) is 2. The molecule has 0 unspecified atom stereocenters. The summed E-state index contributed by atoms with van der Waals surface area (Å²) in [6, 6.07) is 17.6. The van der Waals surface area contributed by atoms with Gasteiger partial charge in [-0.25, -0.2) is 14.5 Å². The molecule has 3 amide bonds. The van der Waals surface area contributed by atoms with Crippen LogP contribution in [-0.4, -0.2) is 77.0 Å². The van der Waals surface area contributed by atoms with E-state index in [1.165, 1.54) is 23.1 Å². The van der Waals surface area contributed by atoms with Gasteiger partial charge in [0.05, 0.1) is 40.1 Å². The quantitative estimate of drug-likeness (QED) is 0.204. The van der Waals surface area contributed by atoms with Crippen LogP contribution >= 0.6 is 0 Å². The smallest absolute Gasteiger partial charge is 0.353 e. The van der Waals surface area contributed by atoms with Gasteiger partial charge in [0.1, 0.15) is 11.6 Å². The van der Waals surface area contributed by atoms with Gasteiger partial charge < -0.3 is 15.1 Å². The van der Waals surface area contributed by atoms with E-state index < -0.39 is 33.8 Å². The number of pyridine rings is 1. The molecule has 50 heavy (non-hydrogen) atoms. The van der Waals surface area contributed by atoms with Gasteiger partial charge >= 0.3 is 12.2 Å². The first-order valence-electron chi connectivity index (χ1n) is 15.6. The van der Waals surface area contributed by atoms with Crippen molar-refractivity contribution in [1.29, 1.82) is 0 Å². The van der Waals surface area contributed by atoms with Crippen LogP contribution in [0.5, 0.6) is 0 Å². The average Bonchev–Trinajstić information content (AvgIpc) is 3.45. The van der Waals surface area contributed by atoms with Crippen LogP contribution in [0.2, 0.25) is 0 Å². The van der Waals surface area contributed by atoms with E-state index in [0.717, 1.165) is 23.0 Å². The summed E-state index contributed by atoms with van der Waals surface area (Å²) in [5, 5.41) is 10.5. The number of aromatic nitrogens is 3. The summed E-state index contributed by atoms with van der Waals surface area (Å²) >= 11 is 0. The highest BCUT2D eigenvalue weighted by Crippen LogP contribution is 2.33. The predicted molar refractivity (Wildman–Crippen MR) is 186 cm³/mol. The van der Waals surface area contributed by atoms with E-state index in [2.05, 4.69) is 36.4 Å². The Kier molecular flexibility index (Phi) is 11.3. The normalized spacial score (nSPS) is 13.7. The molecule has 268 valence electrons.